The second kappa shape index (κ2) is 7.89. The van der Waals surface area contributed by atoms with Crippen molar-refractivity contribution < 1.29 is 9.59 Å². The molecule has 2 aromatic carbocycles. The normalized spacial score (nSPS) is 22.2. The number of carbonyl (C=O) groups excluding carboxylic acids is 2. The molecule has 1 N–H and O–H groups in total. The molecular formula is C25H27N5O2. The standard InChI is InChI=1S/C25H27N5O2/c1-17-8-6-7-11-20(17)12-22(31)29-13-21-14-30(23(32)19-9-4-3-5-10-19)16-25(21,15-29)24-26-18(2)27-28-24/h3-11,21H,12-16H2,1-2H3,(H,26,27,28)/t21-,25-/m1/s1. The van der Waals surface area contributed by atoms with E-state index in [-0.39, 0.29) is 17.7 Å². The van der Waals surface area contributed by atoms with Crippen molar-refractivity contribution in [1.29, 1.82) is 0 Å². The lowest BCUT2D eigenvalue weighted by Gasteiger charge is -2.27. The van der Waals surface area contributed by atoms with E-state index in [2.05, 4.69) is 15.2 Å². The zero-order valence-corrected chi connectivity index (χ0v) is 18.4. The van der Waals surface area contributed by atoms with E-state index in [9.17, 15) is 9.59 Å². The number of nitrogens with zero attached hydrogens (tertiary/aromatic N) is 4. The predicted molar refractivity (Wildman–Crippen MR) is 120 cm³/mol. The summed E-state index contributed by atoms with van der Waals surface area (Å²) in [4.78, 5) is 34.8. The lowest BCUT2D eigenvalue weighted by molar-refractivity contribution is -0.129. The third-order valence-electron chi connectivity index (χ3n) is 6.92. The van der Waals surface area contributed by atoms with Gasteiger partial charge in [-0.25, -0.2) is 4.98 Å². The van der Waals surface area contributed by atoms with E-state index in [0.717, 1.165) is 17.0 Å². The fourth-order valence-corrected chi connectivity index (χ4v) is 5.14. The maximum Gasteiger partial charge on any atom is 0.253 e. The van der Waals surface area contributed by atoms with Crippen LogP contribution in [0.3, 0.4) is 0 Å². The molecule has 0 unspecified atom stereocenters. The van der Waals surface area contributed by atoms with Crippen LogP contribution in [0.25, 0.3) is 0 Å². The van der Waals surface area contributed by atoms with Gasteiger partial charge in [0.2, 0.25) is 5.91 Å². The third-order valence-corrected chi connectivity index (χ3v) is 6.92. The van der Waals surface area contributed by atoms with Gasteiger partial charge in [-0.1, -0.05) is 42.5 Å². The molecule has 7 heteroatoms. The van der Waals surface area contributed by atoms with Crippen molar-refractivity contribution in [3.8, 4) is 0 Å². The van der Waals surface area contributed by atoms with Gasteiger partial charge in [-0.15, -0.1) is 0 Å². The summed E-state index contributed by atoms with van der Waals surface area (Å²) in [6.07, 6.45) is 0.384. The van der Waals surface area contributed by atoms with Gasteiger partial charge in [0.05, 0.1) is 11.8 Å². The molecule has 7 nitrogen and oxygen atoms in total. The Hall–Kier alpha value is -3.48. The molecule has 1 aromatic heterocycles. The molecule has 0 saturated carbocycles. The molecular weight excluding hydrogens is 402 g/mol. The van der Waals surface area contributed by atoms with Gasteiger partial charge in [-0.3, -0.25) is 14.7 Å². The summed E-state index contributed by atoms with van der Waals surface area (Å²) in [5, 5.41) is 7.43. The van der Waals surface area contributed by atoms with Crippen LogP contribution < -0.4 is 0 Å². The van der Waals surface area contributed by atoms with E-state index in [1.54, 1.807) is 0 Å². The first-order chi connectivity index (χ1) is 15.5. The molecule has 0 spiro atoms. The van der Waals surface area contributed by atoms with Crippen molar-refractivity contribution in [2.45, 2.75) is 25.7 Å². The number of fused-ring (bicyclic) bond motifs is 1. The SMILES string of the molecule is Cc1nc([C@@]23CN(C(=O)Cc4ccccc4C)C[C@@H]2CN(C(=O)c2ccccc2)C3)n[nH]1. The first-order valence-corrected chi connectivity index (χ1v) is 11.0. The molecule has 0 bridgehead atoms. The number of hydrogen-bond donors (Lipinski definition) is 1. The van der Waals surface area contributed by atoms with Gasteiger partial charge in [-0.05, 0) is 37.1 Å². The maximum atomic E-state index is 13.2. The Bertz CT molecular complexity index is 1160. The predicted octanol–water partition coefficient (Wildman–Crippen LogP) is 2.52. The number of rotatable bonds is 4. The molecule has 164 valence electrons. The number of H-pyrrole nitrogens is 1. The molecule has 2 aliphatic rings. The highest BCUT2D eigenvalue weighted by Crippen LogP contribution is 2.44. The molecule has 5 rings (SSSR count). The van der Waals surface area contributed by atoms with Gasteiger partial charge in [0, 0.05) is 37.7 Å². The second-order valence-corrected chi connectivity index (χ2v) is 9.03. The Morgan fingerprint density at radius 3 is 2.41 bits per heavy atom. The highest BCUT2D eigenvalue weighted by molar-refractivity contribution is 5.94. The molecule has 32 heavy (non-hydrogen) atoms. The number of benzene rings is 2. The van der Waals surface area contributed by atoms with Crippen LogP contribution >= 0.6 is 0 Å². The Labute approximate surface area is 187 Å². The van der Waals surface area contributed by atoms with E-state index in [1.807, 2.05) is 78.2 Å². The molecule has 3 aromatic rings. The van der Waals surface area contributed by atoms with Crippen LogP contribution in [0.5, 0.6) is 0 Å². The van der Waals surface area contributed by atoms with Crippen LogP contribution in [0.15, 0.2) is 54.6 Å². The van der Waals surface area contributed by atoms with Crippen LogP contribution in [-0.2, 0) is 16.6 Å². The maximum absolute atomic E-state index is 13.2. The Balaban J connectivity index is 1.40. The quantitative estimate of drug-likeness (QED) is 0.691. The van der Waals surface area contributed by atoms with E-state index >= 15 is 0 Å². The van der Waals surface area contributed by atoms with Crippen molar-refractivity contribution in [2.75, 3.05) is 26.2 Å². The average Bonchev–Trinajstić information content (AvgIpc) is 3.48. The van der Waals surface area contributed by atoms with E-state index in [0.29, 0.717) is 44.0 Å². The zero-order chi connectivity index (χ0) is 22.3. The first-order valence-electron chi connectivity index (χ1n) is 11.0. The summed E-state index contributed by atoms with van der Waals surface area (Å²) in [6.45, 7) is 6.15. The van der Waals surface area contributed by atoms with E-state index in [4.69, 9.17) is 0 Å². The highest BCUT2D eigenvalue weighted by atomic mass is 16.2. The molecule has 0 aliphatic carbocycles. The minimum Gasteiger partial charge on any atom is -0.341 e. The Morgan fingerprint density at radius 1 is 1.00 bits per heavy atom. The van der Waals surface area contributed by atoms with E-state index in [1.165, 1.54) is 0 Å². The zero-order valence-electron chi connectivity index (χ0n) is 18.4. The number of hydrogen-bond acceptors (Lipinski definition) is 4. The minimum atomic E-state index is -0.448. The number of aromatic nitrogens is 3. The van der Waals surface area contributed by atoms with Crippen LogP contribution in [0.2, 0.25) is 0 Å². The third kappa shape index (κ3) is 3.47. The first kappa shape index (κ1) is 20.4. The minimum absolute atomic E-state index is 0.0180. The molecule has 0 radical (unpaired) electrons. The Morgan fingerprint density at radius 2 is 1.69 bits per heavy atom. The number of carbonyl (C=O) groups is 2. The van der Waals surface area contributed by atoms with Crippen LogP contribution in [0, 0.1) is 19.8 Å². The van der Waals surface area contributed by atoms with Gasteiger partial charge in [-0.2, -0.15) is 5.10 Å². The largest absolute Gasteiger partial charge is 0.341 e. The van der Waals surface area contributed by atoms with Crippen molar-refractivity contribution in [3.63, 3.8) is 0 Å². The van der Waals surface area contributed by atoms with Gasteiger partial charge in [0.1, 0.15) is 5.82 Å². The van der Waals surface area contributed by atoms with Gasteiger partial charge in [0.15, 0.2) is 5.82 Å². The monoisotopic (exact) mass is 429 g/mol. The Kier molecular flexibility index (Phi) is 5.04. The number of nitrogens with one attached hydrogen (secondary N) is 1. The van der Waals surface area contributed by atoms with Crippen molar-refractivity contribution in [1.82, 2.24) is 25.0 Å². The fraction of sp³-hybridized carbons (Fsp3) is 0.360. The average molecular weight is 430 g/mol. The van der Waals surface area contributed by atoms with Crippen LogP contribution in [0.4, 0.5) is 0 Å². The molecule has 2 amide bonds. The summed E-state index contributed by atoms with van der Waals surface area (Å²) < 4.78 is 0. The van der Waals surface area contributed by atoms with Crippen LogP contribution in [-0.4, -0.2) is 63.0 Å². The van der Waals surface area contributed by atoms with E-state index < -0.39 is 5.41 Å². The fourth-order valence-electron chi connectivity index (χ4n) is 5.14. The van der Waals surface area contributed by atoms with Crippen LogP contribution in [0.1, 0.15) is 33.1 Å². The summed E-state index contributed by atoms with van der Waals surface area (Å²) in [5.41, 5.74) is 2.41. The lowest BCUT2D eigenvalue weighted by atomic mass is 9.80. The number of likely N-dealkylation sites (tertiary alicyclic amines) is 2. The van der Waals surface area contributed by atoms with Gasteiger partial charge < -0.3 is 9.80 Å². The van der Waals surface area contributed by atoms with Crippen molar-refractivity contribution in [2.24, 2.45) is 5.92 Å². The lowest BCUT2D eigenvalue weighted by Crippen LogP contribution is -2.42. The molecule has 2 aliphatic heterocycles. The van der Waals surface area contributed by atoms with Gasteiger partial charge in [0.25, 0.3) is 5.91 Å². The van der Waals surface area contributed by atoms with Gasteiger partial charge >= 0.3 is 0 Å². The number of amides is 2. The summed E-state index contributed by atoms with van der Waals surface area (Å²) in [7, 11) is 0. The molecule has 2 saturated heterocycles. The van der Waals surface area contributed by atoms with Crippen molar-refractivity contribution >= 4 is 11.8 Å². The second-order valence-electron chi connectivity index (χ2n) is 9.03. The number of aromatic amines is 1. The summed E-state index contributed by atoms with van der Waals surface area (Å²) in [5.74, 6) is 1.68. The molecule has 2 fully saturated rings. The highest BCUT2D eigenvalue weighted by Gasteiger charge is 2.57. The molecule has 2 atom stereocenters. The summed E-state index contributed by atoms with van der Waals surface area (Å²) in [6, 6.07) is 17.4. The smallest absolute Gasteiger partial charge is 0.253 e. The summed E-state index contributed by atoms with van der Waals surface area (Å²) >= 11 is 0. The molecule has 3 heterocycles. The topological polar surface area (TPSA) is 82.2 Å². The van der Waals surface area contributed by atoms with Crippen molar-refractivity contribution in [3.05, 3.63) is 82.9 Å². The number of aryl methyl sites for hydroxylation is 2.